The normalized spacial score (nSPS) is 13.6. The zero-order valence-corrected chi connectivity index (χ0v) is 16.1. The van der Waals surface area contributed by atoms with Gasteiger partial charge >= 0.3 is 11.9 Å². The van der Waals surface area contributed by atoms with Crippen molar-refractivity contribution in [3.63, 3.8) is 0 Å². The Hall–Kier alpha value is -3.42. The summed E-state index contributed by atoms with van der Waals surface area (Å²) in [5.41, 5.74) is 1.78. The molecule has 0 aromatic heterocycles. The lowest BCUT2D eigenvalue weighted by molar-refractivity contribution is -0.384. The number of carbonyl (C=O) groups excluding carboxylic acids is 2. The van der Waals surface area contributed by atoms with Crippen molar-refractivity contribution in [2.75, 3.05) is 25.1 Å². The molecule has 3 rings (SSSR count). The molecule has 152 valence electrons. The second-order valence-corrected chi connectivity index (χ2v) is 6.77. The van der Waals surface area contributed by atoms with Crippen LogP contribution >= 0.6 is 0 Å². The molecule has 0 amide bonds. The van der Waals surface area contributed by atoms with Gasteiger partial charge in [-0.15, -0.1) is 0 Å². The number of hydrogen-bond donors (Lipinski definition) is 0. The van der Waals surface area contributed by atoms with Crippen LogP contribution in [0.1, 0.15) is 45.5 Å². The van der Waals surface area contributed by atoms with Gasteiger partial charge in [0, 0.05) is 25.2 Å². The van der Waals surface area contributed by atoms with E-state index in [1.165, 1.54) is 19.2 Å². The highest BCUT2D eigenvalue weighted by Crippen LogP contribution is 2.29. The summed E-state index contributed by atoms with van der Waals surface area (Å²) in [4.78, 5) is 36.9. The number of methoxy groups -OCH3 is 1. The summed E-state index contributed by atoms with van der Waals surface area (Å²) in [5.74, 6) is -1.07. The molecule has 0 N–H and O–H groups in total. The second kappa shape index (κ2) is 9.18. The lowest BCUT2D eigenvalue weighted by Gasteiger charge is -2.30. The predicted molar refractivity (Wildman–Crippen MR) is 106 cm³/mol. The van der Waals surface area contributed by atoms with Gasteiger partial charge in [-0.05, 0) is 43.0 Å². The van der Waals surface area contributed by atoms with Crippen molar-refractivity contribution in [2.45, 2.75) is 25.9 Å². The Morgan fingerprint density at radius 1 is 1.03 bits per heavy atom. The van der Waals surface area contributed by atoms with Gasteiger partial charge in [-0.3, -0.25) is 10.1 Å². The average molecular weight is 398 g/mol. The summed E-state index contributed by atoms with van der Waals surface area (Å²) in [5, 5.41) is 11.2. The van der Waals surface area contributed by atoms with Gasteiger partial charge in [-0.2, -0.15) is 0 Å². The van der Waals surface area contributed by atoms with Crippen molar-refractivity contribution in [3.8, 4) is 0 Å². The number of non-ortho nitro benzene ring substituents is 1. The molecule has 1 saturated heterocycles. The van der Waals surface area contributed by atoms with Gasteiger partial charge in [0.05, 0.1) is 28.8 Å². The molecule has 29 heavy (non-hydrogen) atoms. The number of nitro groups is 1. The summed E-state index contributed by atoms with van der Waals surface area (Å²) in [6.45, 7) is 1.59. The van der Waals surface area contributed by atoms with Gasteiger partial charge in [0.2, 0.25) is 0 Å². The summed E-state index contributed by atoms with van der Waals surface area (Å²) in [6.07, 6.45) is 3.15. The molecular weight excluding hydrogens is 376 g/mol. The Kier molecular flexibility index (Phi) is 6.43. The van der Waals surface area contributed by atoms with Crippen molar-refractivity contribution in [1.29, 1.82) is 0 Å². The fourth-order valence-electron chi connectivity index (χ4n) is 3.29. The van der Waals surface area contributed by atoms with Gasteiger partial charge in [-0.25, -0.2) is 9.59 Å². The molecule has 1 heterocycles. The standard InChI is InChI=1S/C21H22N2O6/c1-28-20(24)16-7-5-15(6-8-16)14-29-21(25)18-13-17(23(26)27)9-10-19(18)22-11-3-2-4-12-22/h5-10,13H,2-4,11-12,14H2,1H3. The fourth-order valence-corrected chi connectivity index (χ4v) is 3.29. The Balaban J connectivity index is 1.77. The van der Waals surface area contributed by atoms with Crippen molar-refractivity contribution < 1.29 is 24.0 Å². The summed E-state index contributed by atoms with van der Waals surface area (Å²) in [7, 11) is 1.30. The molecule has 8 nitrogen and oxygen atoms in total. The third-order valence-electron chi connectivity index (χ3n) is 4.85. The summed E-state index contributed by atoms with van der Waals surface area (Å²) >= 11 is 0. The number of rotatable bonds is 6. The Labute approximate surface area is 168 Å². The van der Waals surface area contributed by atoms with Crippen LogP contribution < -0.4 is 4.90 Å². The Morgan fingerprint density at radius 2 is 1.72 bits per heavy atom. The van der Waals surface area contributed by atoms with E-state index >= 15 is 0 Å². The molecule has 0 radical (unpaired) electrons. The number of anilines is 1. The number of carbonyl (C=O) groups is 2. The number of nitro benzene ring substituents is 1. The largest absolute Gasteiger partial charge is 0.465 e. The highest BCUT2D eigenvalue weighted by Gasteiger charge is 2.23. The van der Waals surface area contributed by atoms with Gasteiger partial charge in [0.15, 0.2) is 0 Å². The number of benzene rings is 2. The molecule has 0 bridgehead atoms. The van der Waals surface area contributed by atoms with Crippen LogP contribution in [0, 0.1) is 10.1 Å². The van der Waals surface area contributed by atoms with Gasteiger partial charge in [-0.1, -0.05) is 12.1 Å². The van der Waals surface area contributed by atoms with E-state index in [0.717, 1.165) is 32.4 Å². The first-order valence-corrected chi connectivity index (χ1v) is 9.37. The highest BCUT2D eigenvalue weighted by molar-refractivity contribution is 5.96. The zero-order chi connectivity index (χ0) is 20.8. The molecule has 2 aromatic carbocycles. The zero-order valence-electron chi connectivity index (χ0n) is 16.1. The Bertz CT molecular complexity index is 904. The van der Waals surface area contributed by atoms with Gasteiger partial charge in [0.1, 0.15) is 6.61 Å². The van der Waals surface area contributed by atoms with Crippen LogP contribution in [0.4, 0.5) is 11.4 Å². The summed E-state index contributed by atoms with van der Waals surface area (Å²) < 4.78 is 10.1. The molecule has 0 spiro atoms. The molecule has 0 unspecified atom stereocenters. The molecule has 1 aliphatic rings. The predicted octanol–water partition coefficient (Wildman–Crippen LogP) is 3.73. The molecular formula is C21H22N2O6. The first-order valence-electron chi connectivity index (χ1n) is 9.37. The quantitative estimate of drug-likeness (QED) is 0.415. The maximum atomic E-state index is 12.7. The van der Waals surface area contributed by atoms with Crippen LogP contribution in [0.3, 0.4) is 0 Å². The topological polar surface area (TPSA) is 99.0 Å². The minimum atomic E-state index is -0.619. The van der Waals surface area contributed by atoms with E-state index in [1.54, 1.807) is 30.3 Å². The lowest BCUT2D eigenvalue weighted by atomic mass is 10.1. The molecule has 0 saturated carbocycles. The van der Waals surface area contributed by atoms with Crippen LogP contribution in [0.5, 0.6) is 0 Å². The number of ether oxygens (including phenoxy) is 2. The minimum absolute atomic E-state index is 0.0115. The molecule has 1 fully saturated rings. The van der Waals surface area contributed by atoms with Crippen LogP contribution in [0.15, 0.2) is 42.5 Å². The number of esters is 2. The lowest BCUT2D eigenvalue weighted by Crippen LogP contribution is -2.31. The second-order valence-electron chi connectivity index (χ2n) is 6.77. The van der Waals surface area contributed by atoms with Gasteiger partial charge in [0.25, 0.3) is 5.69 Å². The monoisotopic (exact) mass is 398 g/mol. The minimum Gasteiger partial charge on any atom is -0.465 e. The van der Waals surface area contributed by atoms with Crippen molar-refractivity contribution in [2.24, 2.45) is 0 Å². The van der Waals surface area contributed by atoms with E-state index in [4.69, 9.17) is 4.74 Å². The van der Waals surface area contributed by atoms with Crippen molar-refractivity contribution in [1.82, 2.24) is 0 Å². The first kappa shape index (κ1) is 20.3. The maximum Gasteiger partial charge on any atom is 0.340 e. The fraction of sp³-hybridized carbons (Fsp3) is 0.333. The van der Waals surface area contributed by atoms with E-state index < -0.39 is 16.9 Å². The van der Waals surface area contributed by atoms with E-state index in [-0.39, 0.29) is 17.9 Å². The van der Waals surface area contributed by atoms with Gasteiger partial charge < -0.3 is 14.4 Å². The molecule has 0 aliphatic carbocycles. The van der Waals surface area contributed by atoms with E-state index in [1.807, 2.05) is 0 Å². The van der Waals surface area contributed by atoms with Crippen LogP contribution in [-0.2, 0) is 16.1 Å². The number of hydrogen-bond acceptors (Lipinski definition) is 7. The van der Waals surface area contributed by atoms with E-state index in [2.05, 4.69) is 9.64 Å². The van der Waals surface area contributed by atoms with Crippen LogP contribution in [-0.4, -0.2) is 37.1 Å². The van der Waals surface area contributed by atoms with Crippen LogP contribution in [0.2, 0.25) is 0 Å². The highest BCUT2D eigenvalue weighted by atomic mass is 16.6. The SMILES string of the molecule is COC(=O)c1ccc(COC(=O)c2cc([N+](=O)[O-])ccc2N2CCCCC2)cc1. The van der Waals surface area contributed by atoms with Crippen LogP contribution in [0.25, 0.3) is 0 Å². The maximum absolute atomic E-state index is 12.7. The van der Waals surface area contributed by atoms with Crippen molar-refractivity contribution in [3.05, 3.63) is 69.3 Å². The first-order chi connectivity index (χ1) is 14.0. The molecule has 0 atom stereocenters. The number of piperidine rings is 1. The molecule has 2 aromatic rings. The smallest absolute Gasteiger partial charge is 0.340 e. The van der Waals surface area contributed by atoms with Crippen molar-refractivity contribution >= 4 is 23.3 Å². The van der Waals surface area contributed by atoms with E-state index in [9.17, 15) is 19.7 Å². The summed E-state index contributed by atoms with van der Waals surface area (Å²) in [6, 6.07) is 10.8. The average Bonchev–Trinajstić information content (AvgIpc) is 2.77. The molecule has 8 heteroatoms. The number of nitrogens with zero attached hydrogens (tertiary/aromatic N) is 2. The third kappa shape index (κ3) is 4.90. The van der Waals surface area contributed by atoms with E-state index in [0.29, 0.717) is 16.8 Å². The Morgan fingerprint density at radius 3 is 2.34 bits per heavy atom. The molecule has 1 aliphatic heterocycles. The third-order valence-corrected chi connectivity index (χ3v) is 4.85.